The Morgan fingerprint density at radius 3 is 2.91 bits per heavy atom. The van der Waals surface area contributed by atoms with Gasteiger partial charge in [0.25, 0.3) is 0 Å². The lowest BCUT2D eigenvalue weighted by atomic mass is 9.46. The summed E-state index contributed by atoms with van der Waals surface area (Å²) in [5.41, 5.74) is 4.64. The van der Waals surface area contributed by atoms with Crippen molar-refractivity contribution in [2.24, 2.45) is 39.5 Å². The van der Waals surface area contributed by atoms with Crippen molar-refractivity contribution in [1.29, 1.82) is 0 Å². The van der Waals surface area contributed by atoms with Crippen LogP contribution < -0.4 is 0 Å². The Balaban J connectivity index is 1.34. The summed E-state index contributed by atoms with van der Waals surface area (Å²) in [6.07, 6.45) is 13.4. The number of hydrogen-bond donors (Lipinski definition) is 2. The zero-order valence-corrected chi connectivity index (χ0v) is 22.3. The minimum absolute atomic E-state index is 0.0249. The fraction of sp³-hybridized carbons (Fsp3) is 0.621. The van der Waals surface area contributed by atoms with Gasteiger partial charge in [0.15, 0.2) is 0 Å². The van der Waals surface area contributed by atoms with Gasteiger partial charge in [0, 0.05) is 11.6 Å². The highest BCUT2D eigenvalue weighted by Gasteiger charge is 2.62. The normalized spacial score (nSPS) is 38.7. The van der Waals surface area contributed by atoms with E-state index in [0.29, 0.717) is 23.4 Å². The van der Waals surface area contributed by atoms with E-state index in [0.717, 1.165) is 55.0 Å². The molecule has 0 amide bonds. The number of thioether (sulfide) groups is 1. The van der Waals surface area contributed by atoms with E-state index in [-0.39, 0.29) is 28.8 Å². The molecule has 4 aliphatic rings. The maximum absolute atomic E-state index is 13.5. The molecule has 3 saturated carbocycles. The molecule has 4 aliphatic carbocycles. The van der Waals surface area contributed by atoms with E-state index in [2.05, 4.69) is 41.7 Å². The van der Waals surface area contributed by atoms with Gasteiger partial charge >= 0.3 is 0 Å². The molecule has 0 aliphatic heterocycles. The number of aliphatic hydroxyl groups excluding tert-OH is 1. The standard InChI is InChI=1S/C29H39N3O2S/c1-6-7-17(2)31-18(3)35-16-26(34)23-11-10-22-21-9-8-20-12-24-19(15-30-32-24)13-28(20,4)27(21)25(33)14-29(22,23)5/h6-7,12,15,21-23,25,27,33H,1,8-11,13-14,16H2,2-5H3,(H,30,32)/b17-7-,31-18?. The number of fused-ring (bicyclic) bond motifs is 6. The average Bonchev–Trinajstić information content (AvgIpc) is 3.38. The van der Waals surface area contributed by atoms with Crippen LogP contribution in [-0.4, -0.2) is 38.0 Å². The molecule has 1 heterocycles. The summed E-state index contributed by atoms with van der Waals surface area (Å²) in [6.45, 7) is 12.3. The minimum Gasteiger partial charge on any atom is -0.393 e. The van der Waals surface area contributed by atoms with Gasteiger partial charge in [0.2, 0.25) is 0 Å². The number of nitrogens with zero attached hydrogens (tertiary/aromatic N) is 2. The van der Waals surface area contributed by atoms with Crippen LogP contribution in [0, 0.1) is 34.5 Å². The summed E-state index contributed by atoms with van der Waals surface area (Å²) < 4.78 is 0. The molecule has 3 fully saturated rings. The van der Waals surface area contributed by atoms with Crippen molar-refractivity contribution in [3.8, 4) is 0 Å². The predicted octanol–water partition coefficient (Wildman–Crippen LogP) is 5.99. The first-order valence-corrected chi connectivity index (χ1v) is 14.1. The number of aliphatic hydroxyl groups is 1. The molecule has 7 unspecified atom stereocenters. The van der Waals surface area contributed by atoms with E-state index in [1.807, 2.05) is 26.1 Å². The van der Waals surface area contributed by atoms with Crippen molar-refractivity contribution in [2.45, 2.75) is 72.3 Å². The molecule has 5 rings (SSSR count). The molecule has 2 N–H and O–H groups in total. The summed E-state index contributed by atoms with van der Waals surface area (Å²) in [4.78, 5) is 18.0. The van der Waals surface area contributed by atoms with Crippen molar-refractivity contribution in [3.05, 3.63) is 47.5 Å². The van der Waals surface area contributed by atoms with Crippen molar-refractivity contribution in [2.75, 3.05) is 5.75 Å². The predicted molar refractivity (Wildman–Crippen MR) is 144 cm³/mol. The molecule has 0 spiro atoms. The minimum atomic E-state index is -0.376. The highest BCUT2D eigenvalue weighted by Crippen LogP contribution is 2.66. The highest BCUT2D eigenvalue weighted by molar-refractivity contribution is 8.14. The third-order valence-corrected chi connectivity index (χ3v) is 10.7. The number of ketones is 1. The van der Waals surface area contributed by atoms with Crippen molar-refractivity contribution < 1.29 is 9.90 Å². The van der Waals surface area contributed by atoms with Gasteiger partial charge < -0.3 is 5.11 Å². The summed E-state index contributed by atoms with van der Waals surface area (Å²) in [6, 6.07) is 0. The van der Waals surface area contributed by atoms with Crippen molar-refractivity contribution in [3.63, 3.8) is 0 Å². The van der Waals surface area contributed by atoms with Crippen LogP contribution in [0.4, 0.5) is 0 Å². The Hall–Kier alpha value is -1.92. The van der Waals surface area contributed by atoms with Gasteiger partial charge in [-0.05, 0) is 98.7 Å². The first-order chi connectivity index (χ1) is 16.7. The van der Waals surface area contributed by atoms with Crippen molar-refractivity contribution >= 4 is 28.7 Å². The molecule has 35 heavy (non-hydrogen) atoms. The smallest absolute Gasteiger partial charge is 0.146 e. The molecular weight excluding hydrogens is 454 g/mol. The van der Waals surface area contributed by atoms with Gasteiger partial charge in [-0.25, -0.2) is 0 Å². The zero-order chi connectivity index (χ0) is 25.0. The summed E-state index contributed by atoms with van der Waals surface area (Å²) >= 11 is 1.54. The molecule has 1 aromatic rings. The van der Waals surface area contributed by atoms with Gasteiger partial charge in [-0.3, -0.25) is 14.9 Å². The molecule has 0 saturated heterocycles. The van der Waals surface area contributed by atoms with Crippen LogP contribution in [0.1, 0.15) is 71.1 Å². The highest BCUT2D eigenvalue weighted by atomic mass is 32.2. The lowest BCUT2D eigenvalue weighted by Gasteiger charge is -2.59. The van der Waals surface area contributed by atoms with Crippen LogP contribution in [0.5, 0.6) is 0 Å². The number of aromatic nitrogens is 2. The summed E-state index contributed by atoms with van der Waals surface area (Å²) in [7, 11) is 0. The second-order valence-corrected chi connectivity index (χ2v) is 12.9. The van der Waals surface area contributed by atoms with E-state index in [1.165, 1.54) is 11.1 Å². The largest absolute Gasteiger partial charge is 0.393 e. The third kappa shape index (κ3) is 4.11. The second-order valence-electron chi connectivity index (χ2n) is 11.7. The molecular formula is C29H39N3O2S. The molecule has 6 heteroatoms. The fourth-order valence-corrected chi connectivity index (χ4v) is 9.15. The maximum atomic E-state index is 13.5. The molecule has 0 radical (unpaired) electrons. The third-order valence-electron chi connectivity index (χ3n) is 9.80. The maximum Gasteiger partial charge on any atom is 0.146 e. The van der Waals surface area contributed by atoms with Gasteiger partial charge in [-0.2, -0.15) is 5.10 Å². The van der Waals surface area contributed by atoms with Gasteiger partial charge in [0.05, 0.1) is 28.8 Å². The SMILES string of the molecule is C=C/C=C(/C)N=C(C)SCC(=O)C1CCC2C3CCC4=Cc5[nH]ncc5CC4(C)C3C(O)CC12C. The summed E-state index contributed by atoms with van der Waals surface area (Å²) in [5.74, 6) is 2.05. The van der Waals surface area contributed by atoms with Crippen LogP contribution >= 0.6 is 11.8 Å². The topological polar surface area (TPSA) is 78.3 Å². The van der Waals surface area contributed by atoms with Gasteiger partial charge in [-0.15, -0.1) is 11.8 Å². The Bertz CT molecular complexity index is 1120. The zero-order valence-electron chi connectivity index (χ0n) is 21.5. The average molecular weight is 494 g/mol. The van der Waals surface area contributed by atoms with Gasteiger partial charge in [0.1, 0.15) is 5.78 Å². The van der Waals surface area contributed by atoms with E-state index in [4.69, 9.17) is 0 Å². The molecule has 5 nitrogen and oxygen atoms in total. The number of aromatic amines is 1. The quantitative estimate of drug-likeness (QED) is 0.300. The number of carbonyl (C=O) groups excluding carboxylic acids is 1. The Labute approximate surface area is 213 Å². The summed E-state index contributed by atoms with van der Waals surface area (Å²) in [5, 5.41) is 20.0. The number of hydrogen-bond acceptors (Lipinski definition) is 5. The van der Waals surface area contributed by atoms with Gasteiger partial charge in [-0.1, -0.05) is 32.1 Å². The van der Waals surface area contributed by atoms with Crippen LogP contribution in [0.3, 0.4) is 0 Å². The number of rotatable bonds is 5. The van der Waals surface area contributed by atoms with Crippen LogP contribution in [0.25, 0.3) is 6.08 Å². The van der Waals surface area contributed by atoms with E-state index >= 15 is 0 Å². The number of H-pyrrole nitrogens is 1. The van der Waals surface area contributed by atoms with E-state index in [1.54, 1.807) is 17.8 Å². The molecule has 0 bridgehead atoms. The molecule has 0 aromatic carbocycles. The Morgan fingerprint density at radius 1 is 1.34 bits per heavy atom. The first-order valence-electron chi connectivity index (χ1n) is 13.1. The van der Waals surface area contributed by atoms with Crippen molar-refractivity contribution in [1.82, 2.24) is 10.2 Å². The lowest BCUT2D eigenvalue weighted by molar-refractivity contribution is -0.140. The fourth-order valence-electron chi connectivity index (χ4n) is 8.39. The Morgan fingerprint density at radius 2 is 2.14 bits per heavy atom. The molecule has 7 atom stereocenters. The lowest BCUT2D eigenvalue weighted by Crippen LogP contribution is -2.57. The Kier molecular flexibility index (Phi) is 6.50. The number of allylic oxidation sites excluding steroid dienone is 4. The van der Waals surface area contributed by atoms with E-state index in [9.17, 15) is 9.90 Å². The number of carbonyl (C=O) groups is 1. The molecule has 188 valence electrons. The number of nitrogens with one attached hydrogen (secondary N) is 1. The second kappa shape index (κ2) is 9.19. The molecule has 1 aromatic heterocycles. The van der Waals surface area contributed by atoms with E-state index < -0.39 is 0 Å². The van der Waals surface area contributed by atoms with Crippen LogP contribution in [0.2, 0.25) is 0 Å². The first kappa shape index (κ1) is 24.8. The number of aliphatic imine (C=N–C) groups is 1. The van der Waals surface area contributed by atoms with Crippen LogP contribution in [-0.2, 0) is 11.2 Å². The monoisotopic (exact) mass is 493 g/mol. The number of Topliss-reactive ketones (excluding diaryl/α,β-unsaturated/α-hetero) is 1. The van der Waals surface area contributed by atoms with Crippen LogP contribution in [0.15, 0.2) is 41.2 Å².